The quantitative estimate of drug-likeness (QED) is 0.867. The average molecular weight is 273 g/mol. The summed E-state index contributed by atoms with van der Waals surface area (Å²) >= 11 is 0. The number of nitrogens with two attached hydrogens (primary N) is 1. The van der Waals surface area contributed by atoms with Crippen LogP contribution in [-0.2, 0) is 6.54 Å². The summed E-state index contributed by atoms with van der Waals surface area (Å²) in [6, 6.07) is 8.98. The molecule has 106 valence electrons. The van der Waals surface area contributed by atoms with E-state index in [1.165, 1.54) is 0 Å². The molecule has 0 aliphatic carbocycles. The van der Waals surface area contributed by atoms with E-state index in [4.69, 9.17) is 10.2 Å². The number of furan rings is 1. The molecule has 0 saturated heterocycles. The zero-order valence-electron chi connectivity index (χ0n) is 12.0. The lowest BCUT2D eigenvalue weighted by atomic mass is 10.1. The number of carbonyl (C=O) groups is 1. The third-order valence-corrected chi connectivity index (χ3v) is 3.08. The number of anilines is 2. The first-order valence-electron chi connectivity index (χ1n) is 6.33. The fourth-order valence-corrected chi connectivity index (χ4v) is 2.02. The van der Waals surface area contributed by atoms with Gasteiger partial charge in [0.05, 0.1) is 24.2 Å². The standard InChI is InChI=1S/C15H19N3O2/c1-17(2)14-7-6-11(9-13(14)16)15(19)18(3)10-12-5-4-8-20-12/h4-9H,10,16H2,1-3H3. The molecule has 5 nitrogen and oxygen atoms in total. The third kappa shape index (κ3) is 2.93. The lowest BCUT2D eigenvalue weighted by molar-refractivity contribution is 0.0775. The van der Waals surface area contributed by atoms with E-state index in [9.17, 15) is 4.79 Å². The van der Waals surface area contributed by atoms with Crippen LogP contribution in [0.4, 0.5) is 11.4 Å². The summed E-state index contributed by atoms with van der Waals surface area (Å²) in [5.74, 6) is 0.664. The maximum atomic E-state index is 12.3. The van der Waals surface area contributed by atoms with Gasteiger partial charge in [0.2, 0.25) is 0 Å². The van der Waals surface area contributed by atoms with Gasteiger partial charge >= 0.3 is 0 Å². The highest BCUT2D eigenvalue weighted by Gasteiger charge is 2.14. The van der Waals surface area contributed by atoms with Crippen molar-refractivity contribution >= 4 is 17.3 Å². The first kappa shape index (κ1) is 14.0. The second-order valence-electron chi connectivity index (χ2n) is 4.91. The van der Waals surface area contributed by atoms with Gasteiger partial charge in [0.1, 0.15) is 5.76 Å². The average Bonchev–Trinajstić information content (AvgIpc) is 2.90. The van der Waals surface area contributed by atoms with E-state index in [1.807, 2.05) is 31.1 Å². The van der Waals surface area contributed by atoms with Crippen molar-refractivity contribution in [1.82, 2.24) is 4.90 Å². The second-order valence-corrected chi connectivity index (χ2v) is 4.91. The summed E-state index contributed by atoms with van der Waals surface area (Å²) < 4.78 is 5.24. The molecule has 0 aliphatic heterocycles. The monoisotopic (exact) mass is 273 g/mol. The Balaban J connectivity index is 2.14. The summed E-state index contributed by atoms with van der Waals surface area (Å²) in [5, 5.41) is 0. The van der Waals surface area contributed by atoms with Gasteiger partial charge < -0.3 is 20.0 Å². The van der Waals surface area contributed by atoms with Crippen molar-refractivity contribution in [2.24, 2.45) is 0 Å². The Labute approximate surface area is 118 Å². The molecule has 1 aromatic heterocycles. The van der Waals surface area contributed by atoms with Crippen molar-refractivity contribution in [2.75, 3.05) is 31.8 Å². The van der Waals surface area contributed by atoms with Gasteiger partial charge in [-0.25, -0.2) is 0 Å². The number of amides is 1. The summed E-state index contributed by atoms with van der Waals surface area (Å²) in [7, 11) is 5.56. The van der Waals surface area contributed by atoms with Gasteiger partial charge in [0.25, 0.3) is 5.91 Å². The molecular formula is C15H19N3O2. The molecule has 0 radical (unpaired) electrons. The molecule has 0 fully saturated rings. The van der Waals surface area contributed by atoms with Crippen molar-refractivity contribution in [1.29, 1.82) is 0 Å². The molecule has 2 rings (SSSR count). The minimum Gasteiger partial charge on any atom is -0.467 e. The van der Waals surface area contributed by atoms with Crippen molar-refractivity contribution in [3.05, 3.63) is 47.9 Å². The molecule has 0 saturated carbocycles. The van der Waals surface area contributed by atoms with Gasteiger partial charge in [-0.15, -0.1) is 0 Å². The predicted molar refractivity (Wildman–Crippen MR) is 79.7 cm³/mol. The van der Waals surface area contributed by atoms with Crippen molar-refractivity contribution in [2.45, 2.75) is 6.54 Å². The Bertz CT molecular complexity index is 591. The highest BCUT2D eigenvalue weighted by atomic mass is 16.3. The van der Waals surface area contributed by atoms with E-state index >= 15 is 0 Å². The largest absolute Gasteiger partial charge is 0.467 e. The van der Waals surface area contributed by atoms with E-state index in [0.29, 0.717) is 17.8 Å². The lowest BCUT2D eigenvalue weighted by Gasteiger charge is -2.19. The van der Waals surface area contributed by atoms with Crippen LogP contribution in [-0.4, -0.2) is 32.0 Å². The Kier molecular flexibility index (Phi) is 3.98. The van der Waals surface area contributed by atoms with Crippen LogP contribution in [0, 0.1) is 0 Å². The molecule has 1 aromatic carbocycles. The minimum absolute atomic E-state index is 0.0848. The van der Waals surface area contributed by atoms with E-state index < -0.39 is 0 Å². The molecule has 0 aliphatic rings. The van der Waals surface area contributed by atoms with E-state index in [1.54, 1.807) is 36.4 Å². The summed E-state index contributed by atoms with van der Waals surface area (Å²) in [6.07, 6.45) is 1.59. The van der Waals surface area contributed by atoms with Gasteiger partial charge in [-0.3, -0.25) is 4.79 Å². The first-order chi connectivity index (χ1) is 9.49. The van der Waals surface area contributed by atoms with Gasteiger partial charge in [-0.05, 0) is 30.3 Å². The number of benzene rings is 1. The zero-order valence-corrected chi connectivity index (χ0v) is 12.0. The Morgan fingerprint density at radius 1 is 1.25 bits per heavy atom. The van der Waals surface area contributed by atoms with Crippen LogP contribution in [0.5, 0.6) is 0 Å². The molecule has 1 amide bonds. The van der Waals surface area contributed by atoms with Crippen LogP contribution < -0.4 is 10.6 Å². The molecule has 0 spiro atoms. The molecule has 0 bridgehead atoms. The molecule has 5 heteroatoms. The molecule has 2 aromatic rings. The highest BCUT2D eigenvalue weighted by Crippen LogP contribution is 2.23. The normalized spacial score (nSPS) is 10.3. The Hall–Kier alpha value is -2.43. The molecular weight excluding hydrogens is 254 g/mol. The van der Waals surface area contributed by atoms with Crippen LogP contribution in [0.1, 0.15) is 16.1 Å². The maximum absolute atomic E-state index is 12.3. The number of hydrogen-bond donors (Lipinski definition) is 1. The van der Waals surface area contributed by atoms with Gasteiger partial charge in [0.15, 0.2) is 0 Å². The van der Waals surface area contributed by atoms with E-state index in [0.717, 1.165) is 11.4 Å². The van der Waals surface area contributed by atoms with Crippen LogP contribution in [0.2, 0.25) is 0 Å². The van der Waals surface area contributed by atoms with E-state index in [2.05, 4.69) is 0 Å². The van der Waals surface area contributed by atoms with Gasteiger partial charge in [0, 0.05) is 26.7 Å². The lowest BCUT2D eigenvalue weighted by Crippen LogP contribution is -2.26. The molecule has 2 N–H and O–H groups in total. The van der Waals surface area contributed by atoms with Crippen LogP contribution in [0.15, 0.2) is 41.0 Å². The number of nitrogen functional groups attached to an aromatic ring is 1. The maximum Gasteiger partial charge on any atom is 0.254 e. The van der Waals surface area contributed by atoms with Crippen LogP contribution >= 0.6 is 0 Å². The summed E-state index contributed by atoms with van der Waals surface area (Å²) in [5.41, 5.74) is 8.03. The Morgan fingerprint density at radius 3 is 2.55 bits per heavy atom. The van der Waals surface area contributed by atoms with Crippen LogP contribution in [0.25, 0.3) is 0 Å². The van der Waals surface area contributed by atoms with E-state index in [-0.39, 0.29) is 5.91 Å². The Morgan fingerprint density at radius 2 is 2.00 bits per heavy atom. The minimum atomic E-state index is -0.0848. The molecule has 0 atom stereocenters. The van der Waals surface area contributed by atoms with Crippen molar-refractivity contribution in [3.8, 4) is 0 Å². The predicted octanol–water partition coefficient (Wildman–Crippen LogP) is 2.20. The SMILES string of the molecule is CN(Cc1ccco1)C(=O)c1ccc(N(C)C)c(N)c1. The topological polar surface area (TPSA) is 62.7 Å². The smallest absolute Gasteiger partial charge is 0.254 e. The molecule has 20 heavy (non-hydrogen) atoms. The highest BCUT2D eigenvalue weighted by molar-refractivity contribution is 5.96. The van der Waals surface area contributed by atoms with Crippen molar-refractivity contribution in [3.63, 3.8) is 0 Å². The summed E-state index contributed by atoms with van der Waals surface area (Å²) in [4.78, 5) is 15.8. The summed E-state index contributed by atoms with van der Waals surface area (Å²) in [6.45, 7) is 0.432. The second kappa shape index (κ2) is 5.69. The molecule has 0 unspecified atom stereocenters. The third-order valence-electron chi connectivity index (χ3n) is 3.08. The van der Waals surface area contributed by atoms with Crippen molar-refractivity contribution < 1.29 is 9.21 Å². The fourth-order valence-electron chi connectivity index (χ4n) is 2.02. The van der Waals surface area contributed by atoms with Gasteiger partial charge in [-0.2, -0.15) is 0 Å². The molecule has 1 heterocycles. The first-order valence-corrected chi connectivity index (χ1v) is 6.33. The number of carbonyl (C=O) groups excluding carboxylic acids is 1. The number of hydrogen-bond acceptors (Lipinski definition) is 4. The van der Waals surface area contributed by atoms with Crippen LogP contribution in [0.3, 0.4) is 0 Å². The fraction of sp³-hybridized carbons (Fsp3) is 0.267. The number of rotatable bonds is 4. The zero-order chi connectivity index (χ0) is 14.7. The number of nitrogens with zero attached hydrogens (tertiary/aromatic N) is 2. The van der Waals surface area contributed by atoms with Gasteiger partial charge in [-0.1, -0.05) is 0 Å².